The average Bonchev–Trinajstić information content (AvgIpc) is 2.65. The second-order valence-electron chi connectivity index (χ2n) is 6.04. The minimum Gasteiger partial charge on any atom is -0.497 e. The fourth-order valence-corrected chi connectivity index (χ4v) is 2.21. The van der Waals surface area contributed by atoms with Crippen molar-refractivity contribution in [3.63, 3.8) is 0 Å². The fraction of sp³-hybridized carbons (Fsp3) is 0.238. The highest BCUT2D eigenvalue weighted by Gasteiger charge is 2.06. The molecule has 136 valence electrons. The quantitative estimate of drug-likeness (QED) is 0.603. The van der Waals surface area contributed by atoms with Crippen LogP contribution in [0.5, 0.6) is 5.75 Å². The van der Waals surface area contributed by atoms with Crippen molar-refractivity contribution >= 4 is 23.6 Å². The molecule has 0 aliphatic heterocycles. The maximum Gasteiger partial charge on any atom is 0.331 e. The summed E-state index contributed by atoms with van der Waals surface area (Å²) in [4.78, 5) is 23.6. The standard InChI is InChI=1S/C21H23NO4/c1-15(2)17-7-9-18(10-8-17)22-20(23)14-26-21(24)13-6-16-4-11-19(25-3)12-5-16/h4-13,15H,14H2,1-3H3,(H,22,23)/b13-6+. The first-order valence-electron chi connectivity index (χ1n) is 8.36. The number of ether oxygens (including phenoxy) is 2. The van der Waals surface area contributed by atoms with Crippen molar-refractivity contribution in [3.8, 4) is 5.75 Å². The lowest BCUT2D eigenvalue weighted by atomic mass is 10.0. The maximum atomic E-state index is 11.9. The number of methoxy groups -OCH3 is 1. The molecule has 0 saturated heterocycles. The van der Waals surface area contributed by atoms with Gasteiger partial charge in [-0.25, -0.2) is 4.79 Å². The van der Waals surface area contributed by atoms with E-state index in [0.717, 1.165) is 11.3 Å². The Morgan fingerprint density at radius 2 is 1.69 bits per heavy atom. The van der Waals surface area contributed by atoms with Crippen molar-refractivity contribution in [1.82, 2.24) is 0 Å². The van der Waals surface area contributed by atoms with E-state index in [4.69, 9.17) is 9.47 Å². The average molecular weight is 353 g/mol. The smallest absolute Gasteiger partial charge is 0.331 e. The summed E-state index contributed by atoms with van der Waals surface area (Å²) in [6, 6.07) is 14.8. The normalized spacial score (nSPS) is 10.8. The first kappa shape index (κ1) is 19.2. The van der Waals surface area contributed by atoms with Gasteiger partial charge in [0, 0.05) is 11.8 Å². The lowest BCUT2D eigenvalue weighted by molar-refractivity contribution is -0.142. The van der Waals surface area contributed by atoms with Crippen molar-refractivity contribution in [2.75, 3.05) is 19.0 Å². The van der Waals surface area contributed by atoms with Gasteiger partial charge in [-0.1, -0.05) is 38.1 Å². The van der Waals surface area contributed by atoms with Gasteiger partial charge >= 0.3 is 5.97 Å². The van der Waals surface area contributed by atoms with Gasteiger partial charge in [-0.15, -0.1) is 0 Å². The van der Waals surface area contributed by atoms with Crippen LogP contribution in [0.3, 0.4) is 0 Å². The summed E-state index contributed by atoms with van der Waals surface area (Å²) in [5, 5.41) is 2.70. The van der Waals surface area contributed by atoms with Crippen molar-refractivity contribution in [3.05, 3.63) is 65.7 Å². The van der Waals surface area contributed by atoms with Crippen LogP contribution in [-0.2, 0) is 14.3 Å². The molecule has 0 fully saturated rings. The van der Waals surface area contributed by atoms with Crippen LogP contribution in [0.15, 0.2) is 54.6 Å². The van der Waals surface area contributed by atoms with E-state index in [1.807, 2.05) is 36.4 Å². The number of rotatable bonds is 7. The van der Waals surface area contributed by atoms with Crippen LogP contribution < -0.4 is 10.1 Å². The highest BCUT2D eigenvalue weighted by atomic mass is 16.5. The van der Waals surface area contributed by atoms with Crippen LogP contribution >= 0.6 is 0 Å². The number of carbonyl (C=O) groups is 2. The molecule has 5 heteroatoms. The largest absolute Gasteiger partial charge is 0.497 e. The Kier molecular flexibility index (Phi) is 6.97. The van der Waals surface area contributed by atoms with Crippen LogP contribution in [0.1, 0.15) is 30.9 Å². The first-order valence-corrected chi connectivity index (χ1v) is 8.36. The molecule has 5 nitrogen and oxygen atoms in total. The number of anilines is 1. The van der Waals surface area contributed by atoms with Gasteiger partial charge in [-0.05, 0) is 47.4 Å². The van der Waals surface area contributed by atoms with E-state index in [-0.39, 0.29) is 12.5 Å². The third kappa shape index (κ3) is 6.09. The van der Waals surface area contributed by atoms with Gasteiger partial charge in [0.05, 0.1) is 7.11 Å². The molecule has 0 unspecified atom stereocenters. The zero-order valence-electron chi connectivity index (χ0n) is 15.2. The van der Waals surface area contributed by atoms with Crippen molar-refractivity contribution in [1.29, 1.82) is 0 Å². The topological polar surface area (TPSA) is 64.6 Å². The van der Waals surface area contributed by atoms with E-state index in [9.17, 15) is 9.59 Å². The molecule has 2 rings (SSSR count). The number of hydrogen-bond donors (Lipinski definition) is 1. The molecular formula is C21H23NO4. The lowest BCUT2D eigenvalue weighted by Gasteiger charge is -2.08. The van der Waals surface area contributed by atoms with Crippen LogP contribution in [0.25, 0.3) is 6.08 Å². The van der Waals surface area contributed by atoms with E-state index < -0.39 is 5.97 Å². The second-order valence-corrected chi connectivity index (χ2v) is 6.04. The molecule has 1 N–H and O–H groups in total. The van der Waals surface area contributed by atoms with Crippen molar-refractivity contribution in [2.45, 2.75) is 19.8 Å². The lowest BCUT2D eigenvalue weighted by Crippen LogP contribution is -2.20. The molecule has 0 aliphatic rings. The molecule has 26 heavy (non-hydrogen) atoms. The van der Waals surface area contributed by atoms with Gasteiger partial charge in [-0.3, -0.25) is 4.79 Å². The van der Waals surface area contributed by atoms with Gasteiger partial charge in [0.25, 0.3) is 5.91 Å². The predicted molar refractivity (Wildman–Crippen MR) is 102 cm³/mol. The molecule has 2 aromatic carbocycles. The molecule has 0 atom stereocenters. The number of carbonyl (C=O) groups excluding carboxylic acids is 2. The molecule has 0 saturated carbocycles. The van der Waals surface area contributed by atoms with Crippen molar-refractivity contribution in [2.24, 2.45) is 0 Å². The molecule has 0 spiro atoms. The summed E-state index contributed by atoms with van der Waals surface area (Å²) < 4.78 is 10.0. The SMILES string of the molecule is COc1ccc(/C=C/C(=O)OCC(=O)Nc2ccc(C(C)C)cc2)cc1. The maximum absolute atomic E-state index is 11.9. The Morgan fingerprint density at radius 3 is 2.27 bits per heavy atom. The number of benzene rings is 2. The zero-order chi connectivity index (χ0) is 18.9. The van der Waals surface area contributed by atoms with Crippen molar-refractivity contribution < 1.29 is 19.1 Å². The first-order chi connectivity index (χ1) is 12.5. The highest BCUT2D eigenvalue weighted by molar-refractivity contribution is 5.94. The van der Waals surface area contributed by atoms with Gasteiger partial charge < -0.3 is 14.8 Å². The van der Waals surface area contributed by atoms with Gasteiger partial charge in [-0.2, -0.15) is 0 Å². The van der Waals surface area contributed by atoms with Gasteiger partial charge in [0.2, 0.25) is 0 Å². The van der Waals surface area contributed by atoms with E-state index in [0.29, 0.717) is 11.6 Å². The fourth-order valence-electron chi connectivity index (χ4n) is 2.21. The number of nitrogens with one attached hydrogen (secondary N) is 1. The number of esters is 1. The molecular weight excluding hydrogens is 330 g/mol. The van der Waals surface area contributed by atoms with Crippen LogP contribution in [0.2, 0.25) is 0 Å². The summed E-state index contributed by atoms with van der Waals surface area (Å²) in [7, 11) is 1.59. The third-order valence-electron chi connectivity index (χ3n) is 3.73. The van der Waals surface area contributed by atoms with Crippen LogP contribution in [0.4, 0.5) is 5.69 Å². The molecule has 1 amide bonds. The highest BCUT2D eigenvalue weighted by Crippen LogP contribution is 2.17. The number of hydrogen-bond acceptors (Lipinski definition) is 4. The Labute approximate surface area is 153 Å². The zero-order valence-corrected chi connectivity index (χ0v) is 15.2. The van der Waals surface area contributed by atoms with E-state index >= 15 is 0 Å². The summed E-state index contributed by atoms with van der Waals surface area (Å²) in [5.74, 6) is 0.209. The molecule has 0 heterocycles. The van der Waals surface area contributed by atoms with Crippen LogP contribution in [-0.4, -0.2) is 25.6 Å². The summed E-state index contributed by atoms with van der Waals surface area (Å²) in [6.07, 6.45) is 2.90. The van der Waals surface area contributed by atoms with Crippen LogP contribution in [0, 0.1) is 0 Å². The van der Waals surface area contributed by atoms with E-state index in [2.05, 4.69) is 19.2 Å². The molecule has 0 aromatic heterocycles. The Hall–Kier alpha value is -3.08. The number of amides is 1. The predicted octanol–water partition coefficient (Wildman–Crippen LogP) is 4.01. The Morgan fingerprint density at radius 1 is 1.04 bits per heavy atom. The van der Waals surface area contributed by atoms with E-state index in [1.165, 1.54) is 11.6 Å². The molecule has 0 bridgehead atoms. The minimum absolute atomic E-state index is 0.336. The summed E-state index contributed by atoms with van der Waals surface area (Å²) in [6.45, 7) is 3.87. The van der Waals surface area contributed by atoms with Gasteiger partial charge in [0.15, 0.2) is 6.61 Å². The van der Waals surface area contributed by atoms with E-state index in [1.54, 1.807) is 25.3 Å². The Bertz CT molecular complexity index is 762. The molecule has 2 aromatic rings. The Balaban J connectivity index is 1.78. The molecule has 0 aliphatic carbocycles. The summed E-state index contributed by atoms with van der Waals surface area (Å²) in [5.41, 5.74) is 2.69. The summed E-state index contributed by atoms with van der Waals surface area (Å²) >= 11 is 0. The van der Waals surface area contributed by atoms with Gasteiger partial charge in [0.1, 0.15) is 5.75 Å². The monoisotopic (exact) mass is 353 g/mol. The minimum atomic E-state index is -0.578. The molecule has 0 radical (unpaired) electrons. The second kappa shape index (κ2) is 9.42. The third-order valence-corrected chi connectivity index (χ3v) is 3.73.